The highest BCUT2D eigenvalue weighted by Crippen LogP contribution is 2.43. The maximum absolute atomic E-state index is 13.3. The van der Waals surface area contributed by atoms with Gasteiger partial charge in [0.2, 0.25) is 0 Å². The minimum Gasteiger partial charge on any atom is -0.368 e. The first-order chi connectivity index (χ1) is 14.5. The molecule has 2 aliphatic rings. The Kier molecular flexibility index (Phi) is 4.74. The Balaban J connectivity index is 1.29. The van der Waals surface area contributed by atoms with Crippen LogP contribution in [0.15, 0.2) is 42.5 Å². The number of fused-ring (bicyclic) bond motifs is 4. The number of halogens is 1. The summed E-state index contributed by atoms with van der Waals surface area (Å²) in [5.41, 5.74) is 5.38. The topological polar surface area (TPSA) is 57.4 Å². The third-order valence-electron chi connectivity index (χ3n) is 6.44. The second kappa shape index (κ2) is 7.43. The summed E-state index contributed by atoms with van der Waals surface area (Å²) in [5, 5.41) is 4.20. The third kappa shape index (κ3) is 3.35. The van der Waals surface area contributed by atoms with Crippen molar-refractivity contribution < 1.29 is 13.9 Å². The van der Waals surface area contributed by atoms with E-state index in [2.05, 4.69) is 35.4 Å². The van der Waals surface area contributed by atoms with Crippen molar-refractivity contribution >= 4 is 16.9 Å². The fraction of sp³-hybridized carbons (Fsp3) is 0.375. The zero-order valence-electron chi connectivity index (χ0n) is 17.1. The maximum Gasteiger partial charge on any atom is 0.317 e. The summed E-state index contributed by atoms with van der Waals surface area (Å²) in [4.78, 5) is 18.1. The van der Waals surface area contributed by atoms with Gasteiger partial charge in [-0.1, -0.05) is 23.8 Å². The summed E-state index contributed by atoms with van der Waals surface area (Å²) in [6.45, 7) is 4.40. The van der Waals surface area contributed by atoms with Crippen LogP contribution >= 0.6 is 0 Å². The number of H-pyrrole nitrogens is 1. The first kappa shape index (κ1) is 19.1. The first-order valence-corrected chi connectivity index (χ1v) is 10.6. The Bertz CT molecular complexity index is 1100. The Morgan fingerprint density at radius 3 is 2.87 bits per heavy atom. The van der Waals surface area contributed by atoms with Gasteiger partial charge < -0.3 is 19.9 Å². The van der Waals surface area contributed by atoms with Crippen molar-refractivity contribution in [2.45, 2.75) is 38.3 Å². The van der Waals surface area contributed by atoms with Crippen LogP contribution in [0, 0.1) is 12.7 Å². The van der Waals surface area contributed by atoms with Crippen LogP contribution in [0.5, 0.6) is 0 Å². The molecule has 1 fully saturated rings. The zero-order chi connectivity index (χ0) is 20.7. The van der Waals surface area contributed by atoms with E-state index in [-0.39, 0.29) is 17.4 Å². The molecule has 2 aromatic carbocycles. The number of benzene rings is 2. The number of ether oxygens (including phenoxy) is 1. The molecule has 5 nitrogen and oxygen atoms in total. The SMILES string of the molecule is Cc1ccc2[nH]c3c(c2c1)CCOC31CCN(C(=O)NCc2cccc(F)c2)CC1. The molecule has 0 aliphatic carbocycles. The van der Waals surface area contributed by atoms with Crippen LogP contribution in [-0.2, 0) is 23.3 Å². The lowest BCUT2D eigenvalue weighted by atomic mass is 9.83. The van der Waals surface area contributed by atoms with Crippen LogP contribution < -0.4 is 5.32 Å². The third-order valence-corrected chi connectivity index (χ3v) is 6.44. The molecule has 1 saturated heterocycles. The quantitative estimate of drug-likeness (QED) is 0.662. The Hall–Kier alpha value is -2.86. The molecular formula is C24H26FN3O2. The van der Waals surface area contributed by atoms with Gasteiger partial charge in [0.05, 0.1) is 12.3 Å². The second-order valence-electron chi connectivity index (χ2n) is 8.40. The number of carbonyl (C=O) groups excluding carboxylic acids is 1. The molecule has 0 unspecified atom stereocenters. The normalized spacial score (nSPS) is 17.9. The Labute approximate surface area is 175 Å². The summed E-state index contributed by atoms with van der Waals surface area (Å²) in [7, 11) is 0. The Morgan fingerprint density at radius 2 is 2.07 bits per heavy atom. The number of piperidine rings is 1. The molecule has 0 radical (unpaired) electrons. The van der Waals surface area contributed by atoms with Crippen molar-refractivity contribution in [2.24, 2.45) is 0 Å². The van der Waals surface area contributed by atoms with E-state index < -0.39 is 0 Å². The van der Waals surface area contributed by atoms with Gasteiger partial charge in [-0.3, -0.25) is 0 Å². The molecule has 156 valence electrons. The fourth-order valence-corrected chi connectivity index (χ4v) is 4.83. The summed E-state index contributed by atoms with van der Waals surface area (Å²) < 4.78 is 19.7. The first-order valence-electron chi connectivity index (χ1n) is 10.6. The number of carbonyl (C=O) groups is 1. The van der Waals surface area contributed by atoms with Crippen molar-refractivity contribution in [3.63, 3.8) is 0 Å². The number of amides is 2. The molecule has 0 atom stereocenters. The molecule has 0 bridgehead atoms. The van der Waals surface area contributed by atoms with Crippen LogP contribution in [0.4, 0.5) is 9.18 Å². The number of nitrogens with zero attached hydrogens (tertiary/aromatic N) is 1. The molecule has 2 N–H and O–H groups in total. The number of likely N-dealkylation sites (tertiary alicyclic amines) is 1. The molecule has 1 aromatic heterocycles. The van der Waals surface area contributed by atoms with Crippen molar-refractivity contribution in [1.82, 2.24) is 15.2 Å². The summed E-state index contributed by atoms with van der Waals surface area (Å²) in [6, 6.07) is 12.7. The largest absolute Gasteiger partial charge is 0.368 e. The average molecular weight is 407 g/mol. The lowest BCUT2D eigenvalue weighted by molar-refractivity contribution is -0.0948. The highest BCUT2D eigenvalue weighted by atomic mass is 19.1. The number of rotatable bonds is 2. The summed E-state index contributed by atoms with van der Waals surface area (Å²) in [6.07, 6.45) is 2.44. The minimum absolute atomic E-state index is 0.114. The van der Waals surface area contributed by atoms with Crippen LogP contribution in [0.25, 0.3) is 10.9 Å². The predicted octanol–water partition coefficient (Wildman–Crippen LogP) is 4.39. The van der Waals surface area contributed by atoms with E-state index in [0.29, 0.717) is 26.2 Å². The van der Waals surface area contributed by atoms with E-state index in [1.807, 2.05) is 11.0 Å². The predicted molar refractivity (Wildman–Crippen MR) is 114 cm³/mol. The molecular weight excluding hydrogens is 381 g/mol. The number of nitrogens with one attached hydrogen (secondary N) is 2. The summed E-state index contributed by atoms with van der Waals surface area (Å²) in [5.74, 6) is -0.291. The van der Waals surface area contributed by atoms with E-state index >= 15 is 0 Å². The highest BCUT2D eigenvalue weighted by molar-refractivity contribution is 5.86. The zero-order valence-corrected chi connectivity index (χ0v) is 17.1. The molecule has 3 heterocycles. The standard InChI is InChI=1S/C24H26FN3O2/c1-16-5-6-21-20(13-16)19-7-12-30-24(22(19)27-21)8-10-28(11-9-24)23(29)26-15-17-3-2-4-18(25)14-17/h2-6,13-14,27H,7-12,15H2,1H3,(H,26,29). The van der Waals surface area contributed by atoms with Crippen LogP contribution in [0.1, 0.15) is 35.2 Å². The lowest BCUT2D eigenvalue weighted by Gasteiger charge is -2.43. The van der Waals surface area contributed by atoms with Gasteiger partial charge in [0.1, 0.15) is 11.4 Å². The van der Waals surface area contributed by atoms with Gasteiger partial charge in [-0.15, -0.1) is 0 Å². The number of hydrogen-bond donors (Lipinski definition) is 2. The van der Waals surface area contributed by atoms with Crippen molar-refractivity contribution in [1.29, 1.82) is 0 Å². The van der Waals surface area contributed by atoms with Crippen LogP contribution in [-0.4, -0.2) is 35.6 Å². The van der Waals surface area contributed by atoms with Gasteiger partial charge >= 0.3 is 6.03 Å². The molecule has 2 aliphatic heterocycles. The van der Waals surface area contributed by atoms with E-state index in [1.54, 1.807) is 6.07 Å². The number of urea groups is 1. The molecule has 2 amide bonds. The van der Waals surface area contributed by atoms with E-state index in [4.69, 9.17) is 4.74 Å². The van der Waals surface area contributed by atoms with E-state index in [9.17, 15) is 9.18 Å². The number of aromatic nitrogens is 1. The molecule has 6 heteroatoms. The smallest absolute Gasteiger partial charge is 0.317 e. The van der Waals surface area contributed by atoms with Gasteiger partial charge in [0, 0.05) is 30.5 Å². The van der Waals surface area contributed by atoms with Crippen LogP contribution in [0.3, 0.4) is 0 Å². The average Bonchev–Trinajstić information content (AvgIpc) is 3.12. The van der Waals surface area contributed by atoms with Gasteiger partial charge in [-0.05, 0) is 61.6 Å². The molecule has 30 heavy (non-hydrogen) atoms. The van der Waals surface area contributed by atoms with Crippen LogP contribution in [0.2, 0.25) is 0 Å². The molecule has 5 rings (SSSR count). The van der Waals surface area contributed by atoms with E-state index in [0.717, 1.165) is 30.3 Å². The fourth-order valence-electron chi connectivity index (χ4n) is 4.83. The van der Waals surface area contributed by atoms with Crippen molar-refractivity contribution in [3.8, 4) is 0 Å². The van der Waals surface area contributed by atoms with Gasteiger partial charge in [0.25, 0.3) is 0 Å². The second-order valence-corrected chi connectivity index (χ2v) is 8.40. The van der Waals surface area contributed by atoms with Crippen molar-refractivity contribution in [2.75, 3.05) is 19.7 Å². The number of hydrogen-bond acceptors (Lipinski definition) is 2. The minimum atomic E-state index is -0.347. The van der Waals surface area contributed by atoms with Crippen molar-refractivity contribution in [3.05, 3.63) is 70.7 Å². The Morgan fingerprint density at radius 1 is 1.23 bits per heavy atom. The van der Waals surface area contributed by atoms with E-state index in [1.165, 1.54) is 34.3 Å². The van der Waals surface area contributed by atoms with Gasteiger partial charge in [0.15, 0.2) is 0 Å². The number of aromatic amines is 1. The lowest BCUT2D eigenvalue weighted by Crippen LogP contribution is -2.50. The molecule has 3 aromatic rings. The maximum atomic E-state index is 13.3. The molecule has 0 saturated carbocycles. The monoisotopic (exact) mass is 407 g/mol. The van der Waals surface area contributed by atoms with Gasteiger partial charge in [-0.2, -0.15) is 0 Å². The highest BCUT2D eigenvalue weighted by Gasteiger charge is 2.43. The molecule has 1 spiro atoms. The van der Waals surface area contributed by atoms with Gasteiger partial charge in [-0.25, -0.2) is 9.18 Å². The number of aryl methyl sites for hydroxylation is 1. The summed E-state index contributed by atoms with van der Waals surface area (Å²) >= 11 is 0.